The number of nitrogens with one attached hydrogen (secondary N) is 1. The van der Waals surface area contributed by atoms with E-state index in [-0.39, 0.29) is 0 Å². The van der Waals surface area contributed by atoms with E-state index in [1.165, 1.54) is 6.42 Å². The molecule has 1 fully saturated rings. The number of hydrogen-bond donors (Lipinski definition) is 1. The number of likely N-dealkylation sites (tertiary alicyclic amines) is 1. The second-order valence-corrected chi connectivity index (χ2v) is 3.98. The molecule has 0 amide bonds. The van der Waals surface area contributed by atoms with Gasteiger partial charge < -0.3 is 15.0 Å². The standard InChI is InChI=1S/C11H17N3O/c1-14-6-5-9(8-14)13-11-4-3-10(15-2)7-12-11/h3-4,7,9H,5-6,8H2,1-2H3,(H,12,13). The van der Waals surface area contributed by atoms with E-state index in [1.807, 2.05) is 12.1 Å². The van der Waals surface area contributed by atoms with Gasteiger partial charge in [-0.25, -0.2) is 4.98 Å². The summed E-state index contributed by atoms with van der Waals surface area (Å²) in [6, 6.07) is 4.40. The van der Waals surface area contributed by atoms with E-state index in [4.69, 9.17) is 4.74 Å². The van der Waals surface area contributed by atoms with Crippen LogP contribution in [0.15, 0.2) is 18.3 Å². The number of pyridine rings is 1. The molecule has 1 aromatic heterocycles. The Bertz CT molecular complexity index is 312. The number of likely N-dealkylation sites (N-methyl/N-ethyl adjacent to an activating group) is 1. The van der Waals surface area contributed by atoms with Crippen molar-refractivity contribution in [2.75, 3.05) is 32.6 Å². The van der Waals surface area contributed by atoms with Crippen LogP contribution in [-0.2, 0) is 0 Å². The molecular weight excluding hydrogens is 190 g/mol. The lowest BCUT2D eigenvalue weighted by molar-refractivity contribution is 0.412. The van der Waals surface area contributed by atoms with Crippen LogP contribution in [0.1, 0.15) is 6.42 Å². The number of hydrogen-bond acceptors (Lipinski definition) is 4. The number of aromatic nitrogens is 1. The SMILES string of the molecule is COc1ccc(NC2CCN(C)C2)nc1. The Labute approximate surface area is 90.3 Å². The van der Waals surface area contributed by atoms with E-state index in [0.717, 1.165) is 24.7 Å². The average molecular weight is 207 g/mol. The van der Waals surface area contributed by atoms with Gasteiger partial charge in [0.15, 0.2) is 0 Å². The summed E-state index contributed by atoms with van der Waals surface area (Å²) in [5.41, 5.74) is 0. The van der Waals surface area contributed by atoms with E-state index >= 15 is 0 Å². The molecule has 15 heavy (non-hydrogen) atoms. The monoisotopic (exact) mass is 207 g/mol. The van der Waals surface area contributed by atoms with Crippen LogP contribution in [0.25, 0.3) is 0 Å². The lowest BCUT2D eigenvalue weighted by Gasteiger charge is -2.13. The van der Waals surface area contributed by atoms with Gasteiger partial charge in [-0.2, -0.15) is 0 Å². The first-order chi connectivity index (χ1) is 7.28. The molecule has 4 heteroatoms. The van der Waals surface area contributed by atoms with Gasteiger partial charge in [0.05, 0.1) is 13.3 Å². The van der Waals surface area contributed by atoms with Crippen LogP contribution in [0, 0.1) is 0 Å². The fourth-order valence-electron chi connectivity index (χ4n) is 1.85. The van der Waals surface area contributed by atoms with E-state index < -0.39 is 0 Å². The molecule has 1 atom stereocenters. The number of ether oxygens (including phenoxy) is 1. The quantitative estimate of drug-likeness (QED) is 0.808. The maximum absolute atomic E-state index is 5.06. The second-order valence-electron chi connectivity index (χ2n) is 3.98. The van der Waals surface area contributed by atoms with Crippen LogP contribution in [0.4, 0.5) is 5.82 Å². The minimum Gasteiger partial charge on any atom is -0.495 e. The second kappa shape index (κ2) is 4.49. The van der Waals surface area contributed by atoms with Crippen molar-refractivity contribution in [1.82, 2.24) is 9.88 Å². The van der Waals surface area contributed by atoms with Crippen LogP contribution < -0.4 is 10.1 Å². The molecule has 1 aromatic rings. The van der Waals surface area contributed by atoms with Gasteiger partial charge in [-0.05, 0) is 32.1 Å². The highest BCUT2D eigenvalue weighted by molar-refractivity contribution is 5.38. The Morgan fingerprint density at radius 2 is 2.40 bits per heavy atom. The Balaban J connectivity index is 1.93. The van der Waals surface area contributed by atoms with Gasteiger partial charge in [-0.15, -0.1) is 0 Å². The zero-order valence-electron chi connectivity index (χ0n) is 9.23. The fraction of sp³-hybridized carbons (Fsp3) is 0.545. The number of anilines is 1. The van der Waals surface area contributed by atoms with Crippen LogP contribution in [0.3, 0.4) is 0 Å². The van der Waals surface area contributed by atoms with Crippen molar-refractivity contribution < 1.29 is 4.74 Å². The molecule has 1 N–H and O–H groups in total. The predicted octanol–water partition coefficient (Wildman–Crippen LogP) is 1.21. The zero-order valence-corrected chi connectivity index (χ0v) is 9.23. The molecule has 1 unspecified atom stereocenters. The van der Waals surface area contributed by atoms with Gasteiger partial charge in [0.2, 0.25) is 0 Å². The number of nitrogens with zero attached hydrogens (tertiary/aromatic N) is 2. The zero-order chi connectivity index (χ0) is 10.7. The minimum absolute atomic E-state index is 0.524. The Kier molecular flexibility index (Phi) is 3.06. The van der Waals surface area contributed by atoms with Crippen LogP contribution in [-0.4, -0.2) is 43.2 Å². The lowest BCUT2D eigenvalue weighted by atomic mass is 10.2. The molecule has 82 valence electrons. The first kappa shape index (κ1) is 10.2. The van der Waals surface area contributed by atoms with Gasteiger partial charge in [-0.3, -0.25) is 0 Å². The third kappa shape index (κ3) is 2.59. The molecule has 4 nitrogen and oxygen atoms in total. The van der Waals surface area contributed by atoms with Gasteiger partial charge >= 0.3 is 0 Å². The maximum Gasteiger partial charge on any atom is 0.137 e. The first-order valence-corrected chi connectivity index (χ1v) is 5.23. The van der Waals surface area contributed by atoms with E-state index in [2.05, 4.69) is 22.2 Å². The normalized spacial score (nSPS) is 21.6. The summed E-state index contributed by atoms with van der Waals surface area (Å²) in [4.78, 5) is 6.60. The molecule has 0 radical (unpaired) electrons. The van der Waals surface area contributed by atoms with Gasteiger partial charge in [0.25, 0.3) is 0 Å². The van der Waals surface area contributed by atoms with E-state index in [0.29, 0.717) is 6.04 Å². The lowest BCUT2D eigenvalue weighted by Crippen LogP contribution is -2.23. The minimum atomic E-state index is 0.524. The molecule has 1 aliphatic heterocycles. The maximum atomic E-state index is 5.06. The third-order valence-corrected chi connectivity index (χ3v) is 2.72. The van der Waals surface area contributed by atoms with Crippen molar-refractivity contribution in [1.29, 1.82) is 0 Å². The molecule has 1 aliphatic rings. The third-order valence-electron chi connectivity index (χ3n) is 2.72. The molecule has 1 saturated heterocycles. The summed E-state index contributed by atoms with van der Waals surface area (Å²) in [7, 11) is 3.79. The summed E-state index contributed by atoms with van der Waals surface area (Å²) < 4.78 is 5.06. The summed E-state index contributed by atoms with van der Waals surface area (Å²) in [5.74, 6) is 1.72. The number of methoxy groups -OCH3 is 1. The summed E-state index contributed by atoms with van der Waals surface area (Å²) in [6.07, 6.45) is 2.92. The highest BCUT2D eigenvalue weighted by Gasteiger charge is 2.19. The molecule has 2 heterocycles. The van der Waals surface area contributed by atoms with Crippen LogP contribution in [0.5, 0.6) is 5.75 Å². The smallest absolute Gasteiger partial charge is 0.137 e. The van der Waals surface area contributed by atoms with Crippen molar-refractivity contribution in [3.8, 4) is 5.75 Å². The summed E-state index contributed by atoms with van der Waals surface area (Å²) >= 11 is 0. The van der Waals surface area contributed by atoms with Gasteiger partial charge in [0.1, 0.15) is 11.6 Å². The van der Waals surface area contributed by atoms with Crippen LogP contribution in [0.2, 0.25) is 0 Å². The Morgan fingerprint density at radius 3 is 2.93 bits per heavy atom. The highest BCUT2D eigenvalue weighted by atomic mass is 16.5. The fourth-order valence-corrected chi connectivity index (χ4v) is 1.85. The predicted molar refractivity (Wildman–Crippen MR) is 60.3 cm³/mol. The molecule has 0 bridgehead atoms. The van der Waals surface area contributed by atoms with Crippen molar-refractivity contribution in [3.05, 3.63) is 18.3 Å². The van der Waals surface area contributed by atoms with Crippen molar-refractivity contribution in [2.45, 2.75) is 12.5 Å². The number of rotatable bonds is 3. The van der Waals surface area contributed by atoms with Gasteiger partial charge in [-0.1, -0.05) is 0 Å². The average Bonchev–Trinajstić information content (AvgIpc) is 2.65. The summed E-state index contributed by atoms with van der Waals surface area (Å²) in [6.45, 7) is 2.25. The van der Waals surface area contributed by atoms with Crippen LogP contribution >= 0.6 is 0 Å². The molecule has 0 aromatic carbocycles. The molecular formula is C11H17N3O. The molecule has 0 spiro atoms. The molecule has 2 rings (SSSR count). The topological polar surface area (TPSA) is 37.4 Å². The molecule has 0 aliphatic carbocycles. The van der Waals surface area contributed by atoms with Gasteiger partial charge in [0, 0.05) is 12.6 Å². The van der Waals surface area contributed by atoms with Crippen molar-refractivity contribution >= 4 is 5.82 Å². The summed E-state index contributed by atoms with van der Waals surface area (Å²) in [5, 5.41) is 3.41. The first-order valence-electron chi connectivity index (χ1n) is 5.23. The van der Waals surface area contributed by atoms with E-state index in [1.54, 1.807) is 13.3 Å². The Hall–Kier alpha value is -1.29. The largest absolute Gasteiger partial charge is 0.495 e. The Morgan fingerprint density at radius 1 is 1.53 bits per heavy atom. The highest BCUT2D eigenvalue weighted by Crippen LogP contribution is 2.15. The van der Waals surface area contributed by atoms with Crippen molar-refractivity contribution in [3.63, 3.8) is 0 Å². The molecule has 0 saturated carbocycles. The van der Waals surface area contributed by atoms with Crippen molar-refractivity contribution in [2.24, 2.45) is 0 Å². The van der Waals surface area contributed by atoms with E-state index in [9.17, 15) is 0 Å².